The molecule has 0 atom stereocenters. The molecule has 2 N–H and O–H groups in total. The number of amides is 2. The van der Waals surface area contributed by atoms with Crippen molar-refractivity contribution in [3.63, 3.8) is 0 Å². The van der Waals surface area contributed by atoms with Gasteiger partial charge < -0.3 is 19.9 Å². The molecule has 1 fully saturated rings. The largest absolute Gasteiger partial charge is 0.497 e. The zero-order valence-corrected chi connectivity index (χ0v) is 18.9. The van der Waals surface area contributed by atoms with Gasteiger partial charge in [-0.2, -0.15) is 0 Å². The average molecular weight is 441 g/mol. The number of hydrogen-bond acceptors (Lipinski definition) is 5. The maximum atomic E-state index is 12.8. The van der Waals surface area contributed by atoms with Crippen LogP contribution in [0.15, 0.2) is 29.8 Å². The van der Waals surface area contributed by atoms with E-state index in [-0.39, 0.29) is 24.2 Å². The molecule has 2 amide bonds. The number of aromatic nitrogens is 2. The van der Waals surface area contributed by atoms with Crippen LogP contribution in [0.4, 0.5) is 5.13 Å². The first-order valence-electron chi connectivity index (χ1n) is 10.6. The van der Waals surface area contributed by atoms with Gasteiger partial charge >= 0.3 is 0 Å². The summed E-state index contributed by atoms with van der Waals surface area (Å²) in [4.78, 5) is 34.3. The Balaban J connectivity index is 1.34. The number of piperidine rings is 1. The second-order valence-corrected chi connectivity index (χ2v) is 9.13. The van der Waals surface area contributed by atoms with Crippen molar-refractivity contribution in [1.29, 1.82) is 0 Å². The van der Waals surface area contributed by atoms with Gasteiger partial charge in [-0.15, -0.1) is 11.3 Å². The number of aromatic amines is 1. The number of methoxy groups -OCH3 is 1. The standard InChI is InChI=1S/C23H28N4O3S/c1-14(2)22(29)26-23-25-16(13-31-23)10-21(28)27-8-6-15(7-9-27)19-12-24-20-5-4-17(30-3)11-18(19)20/h4-5,11-15,24H,6-10H2,1-3H3,(H,25,26,29). The number of fused-ring (bicyclic) bond motifs is 1. The summed E-state index contributed by atoms with van der Waals surface area (Å²) in [6, 6.07) is 6.08. The molecule has 0 aliphatic carbocycles. The third kappa shape index (κ3) is 4.74. The first kappa shape index (κ1) is 21.4. The highest BCUT2D eigenvalue weighted by Gasteiger charge is 2.26. The fourth-order valence-electron chi connectivity index (χ4n) is 3.99. The zero-order chi connectivity index (χ0) is 22.0. The molecule has 2 aromatic heterocycles. The summed E-state index contributed by atoms with van der Waals surface area (Å²) in [6.45, 7) is 5.15. The van der Waals surface area contributed by atoms with E-state index in [9.17, 15) is 9.59 Å². The van der Waals surface area contributed by atoms with Crippen molar-refractivity contribution in [2.75, 3.05) is 25.5 Å². The molecule has 0 saturated carbocycles. The monoisotopic (exact) mass is 440 g/mol. The van der Waals surface area contributed by atoms with Crippen molar-refractivity contribution in [3.05, 3.63) is 41.0 Å². The lowest BCUT2D eigenvalue weighted by molar-refractivity contribution is -0.131. The molecule has 164 valence electrons. The molecule has 3 aromatic rings. The van der Waals surface area contributed by atoms with E-state index in [2.05, 4.69) is 27.5 Å². The first-order chi connectivity index (χ1) is 14.9. The number of nitrogens with one attached hydrogen (secondary N) is 2. The quantitative estimate of drug-likeness (QED) is 0.602. The summed E-state index contributed by atoms with van der Waals surface area (Å²) in [5.74, 6) is 1.19. The average Bonchev–Trinajstić information content (AvgIpc) is 3.39. The molecule has 8 heteroatoms. The molecule has 31 heavy (non-hydrogen) atoms. The molecule has 0 unspecified atom stereocenters. The summed E-state index contributed by atoms with van der Waals surface area (Å²) in [7, 11) is 1.68. The normalized spacial score (nSPS) is 14.9. The van der Waals surface area contributed by atoms with Gasteiger partial charge in [-0.1, -0.05) is 13.8 Å². The Morgan fingerprint density at radius 2 is 2.10 bits per heavy atom. The van der Waals surface area contributed by atoms with Gasteiger partial charge in [-0.3, -0.25) is 9.59 Å². The maximum absolute atomic E-state index is 12.8. The number of carbonyl (C=O) groups is 2. The minimum atomic E-state index is -0.103. The van der Waals surface area contributed by atoms with Crippen molar-refractivity contribution in [3.8, 4) is 5.75 Å². The van der Waals surface area contributed by atoms with E-state index in [4.69, 9.17) is 4.74 Å². The van der Waals surface area contributed by atoms with E-state index in [1.165, 1.54) is 22.3 Å². The molecule has 1 aliphatic rings. The Labute approximate surface area is 185 Å². The highest BCUT2D eigenvalue weighted by molar-refractivity contribution is 7.13. The van der Waals surface area contributed by atoms with Gasteiger partial charge in [0.15, 0.2) is 5.13 Å². The van der Waals surface area contributed by atoms with Crippen LogP contribution in [0.25, 0.3) is 10.9 Å². The lowest BCUT2D eigenvalue weighted by Gasteiger charge is -2.32. The molecule has 4 rings (SSSR count). The molecule has 1 aliphatic heterocycles. The third-order valence-electron chi connectivity index (χ3n) is 5.85. The van der Waals surface area contributed by atoms with Gasteiger partial charge in [0.1, 0.15) is 5.75 Å². The number of anilines is 1. The Hall–Kier alpha value is -2.87. The fourth-order valence-corrected chi connectivity index (χ4v) is 4.70. The van der Waals surface area contributed by atoms with Crippen LogP contribution in [0.3, 0.4) is 0 Å². The lowest BCUT2D eigenvalue weighted by atomic mass is 9.89. The minimum absolute atomic E-state index is 0.0656. The van der Waals surface area contributed by atoms with E-state index in [1.807, 2.05) is 36.3 Å². The Morgan fingerprint density at radius 1 is 1.32 bits per heavy atom. The zero-order valence-electron chi connectivity index (χ0n) is 18.1. The first-order valence-corrected chi connectivity index (χ1v) is 11.5. The second-order valence-electron chi connectivity index (χ2n) is 8.28. The van der Waals surface area contributed by atoms with Gasteiger partial charge in [-0.25, -0.2) is 4.98 Å². The number of benzene rings is 1. The molecule has 1 aromatic carbocycles. The van der Waals surface area contributed by atoms with Gasteiger partial charge in [0, 0.05) is 41.5 Å². The number of ether oxygens (including phenoxy) is 1. The van der Waals surface area contributed by atoms with Crippen LogP contribution in [0, 0.1) is 5.92 Å². The summed E-state index contributed by atoms with van der Waals surface area (Å²) in [6.07, 6.45) is 4.23. The third-order valence-corrected chi connectivity index (χ3v) is 6.65. The Bertz CT molecular complexity index is 1080. The summed E-state index contributed by atoms with van der Waals surface area (Å²) in [5.41, 5.74) is 3.11. The van der Waals surface area contributed by atoms with Crippen molar-refractivity contribution in [2.45, 2.75) is 39.0 Å². The molecule has 0 spiro atoms. The van der Waals surface area contributed by atoms with E-state index in [1.54, 1.807) is 7.11 Å². The molecule has 0 bridgehead atoms. The van der Waals surface area contributed by atoms with Crippen LogP contribution in [-0.4, -0.2) is 46.9 Å². The number of thiazole rings is 1. The number of rotatable bonds is 6. The highest BCUT2D eigenvalue weighted by Crippen LogP contribution is 2.34. The summed E-state index contributed by atoms with van der Waals surface area (Å²) >= 11 is 1.36. The van der Waals surface area contributed by atoms with Gasteiger partial charge in [0.25, 0.3) is 0 Å². The number of nitrogens with zero attached hydrogens (tertiary/aromatic N) is 2. The van der Waals surface area contributed by atoms with Gasteiger partial charge in [-0.05, 0) is 42.5 Å². The van der Waals surface area contributed by atoms with E-state index in [0.717, 1.165) is 37.2 Å². The maximum Gasteiger partial charge on any atom is 0.228 e. The number of H-pyrrole nitrogens is 1. The van der Waals surface area contributed by atoms with Crippen LogP contribution in [0.2, 0.25) is 0 Å². The molecular weight excluding hydrogens is 412 g/mol. The van der Waals surface area contributed by atoms with Crippen LogP contribution >= 0.6 is 11.3 Å². The second kappa shape index (κ2) is 9.09. The Kier molecular flexibility index (Phi) is 6.27. The lowest BCUT2D eigenvalue weighted by Crippen LogP contribution is -2.38. The smallest absolute Gasteiger partial charge is 0.228 e. The highest BCUT2D eigenvalue weighted by atomic mass is 32.1. The van der Waals surface area contributed by atoms with Gasteiger partial charge in [0.05, 0.1) is 19.2 Å². The van der Waals surface area contributed by atoms with Crippen molar-refractivity contribution < 1.29 is 14.3 Å². The predicted octanol–water partition coefficient (Wildman–Crippen LogP) is 4.18. The van der Waals surface area contributed by atoms with Crippen molar-refractivity contribution in [1.82, 2.24) is 14.9 Å². The van der Waals surface area contributed by atoms with Gasteiger partial charge in [0.2, 0.25) is 11.8 Å². The molecule has 3 heterocycles. The van der Waals surface area contributed by atoms with Crippen molar-refractivity contribution >= 4 is 39.2 Å². The molecule has 0 radical (unpaired) electrons. The van der Waals surface area contributed by atoms with E-state index >= 15 is 0 Å². The van der Waals surface area contributed by atoms with Crippen molar-refractivity contribution in [2.24, 2.45) is 5.92 Å². The van der Waals surface area contributed by atoms with Crippen LogP contribution < -0.4 is 10.1 Å². The topological polar surface area (TPSA) is 87.3 Å². The van der Waals surface area contributed by atoms with E-state index < -0.39 is 0 Å². The SMILES string of the molecule is COc1ccc2[nH]cc(C3CCN(C(=O)Cc4csc(NC(=O)C(C)C)n4)CC3)c2c1. The summed E-state index contributed by atoms with van der Waals surface area (Å²) < 4.78 is 5.38. The molecule has 1 saturated heterocycles. The van der Waals surface area contributed by atoms with Crippen LogP contribution in [0.1, 0.15) is 43.9 Å². The number of carbonyl (C=O) groups excluding carboxylic acids is 2. The minimum Gasteiger partial charge on any atom is -0.497 e. The Morgan fingerprint density at radius 3 is 2.81 bits per heavy atom. The summed E-state index contributed by atoms with van der Waals surface area (Å²) in [5, 5.41) is 6.39. The number of likely N-dealkylation sites (tertiary alicyclic amines) is 1. The van der Waals surface area contributed by atoms with Crippen LogP contribution in [-0.2, 0) is 16.0 Å². The molecule has 7 nitrogen and oxygen atoms in total. The fraction of sp³-hybridized carbons (Fsp3) is 0.435. The predicted molar refractivity (Wildman–Crippen MR) is 123 cm³/mol. The molecular formula is C23H28N4O3S. The van der Waals surface area contributed by atoms with E-state index in [0.29, 0.717) is 16.7 Å². The number of hydrogen-bond donors (Lipinski definition) is 2. The van der Waals surface area contributed by atoms with Crippen LogP contribution in [0.5, 0.6) is 5.75 Å².